The number of carbonyl (C=O) groups is 1. The van der Waals surface area contributed by atoms with Gasteiger partial charge in [0.25, 0.3) is 0 Å². The van der Waals surface area contributed by atoms with Gasteiger partial charge in [-0.15, -0.1) is 0 Å². The van der Waals surface area contributed by atoms with Crippen molar-refractivity contribution in [1.29, 1.82) is 0 Å². The van der Waals surface area contributed by atoms with E-state index in [1.54, 1.807) is 6.07 Å². The minimum absolute atomic E-state index is 0.328. The Balaban J connectivity index is 2.68. The van der Waals surface area contributed by atoms with E-state index in [-0.39, 0.29) is 5.97 Å². The summed E-state index contributed by atoms with van der Waals surface area (Å²) >= 11 is 8.03. The van der Waals surface area contributed by atoms with Crippen molar-refractivity contribution in [2.45, 2.75) is 0 Å². The normalized spacial score (nSPS) is 10.4. The van der Waals surface area contributed by atoms with Crippen LogP contribution in [0.25, 0.3) is 10.8 Å². The lowest BCUT2D eigenvalue weighted by atomic mass is 10.1. The number of methoxy groups -OCH3 is 1. The summed E-state index contributed by atoms with van der Waals surface area (Å²) in [5, 5.41) is 2.65. The van der Waals surface area contributed by atoms with Gasteiger partial charge in [0.2, 0.25) is 0 Å². The molecule has 0 N–H and O–H groups in total. The molecule has 2 nitrogen and oxygen atoms in total. The van der Waals surface area contributed by atoms with Crippen molar-refractivity contribution in [3.05, 3.63) is 44.5 Å². The maximum atomic E-state index is 11.5. The number of hydrogen-bond donors (Lipinski definition) is 0. The standard InChI is InChI=1S/C12H8ClIO2/c1-16-12(15)10-5-8-4-9(13)3-2-7(8)6-11(10)14/h2-6H,1H3. The molecule has 0 saturated heterocycles. The molecule has 2 aromatic rings. The Bertz CT molecular complexity index is 566. The predicted molar refractivity (Wildman–Crippen MR) is 73.0 cm³/mol. The van der Waals surface area contributed by atoms with Crippen LogP contribution in [0.3, 0.4) is 0 Å². The summed E-state index contributed by atoms with van der Waals surface area (Å²) < 4.78 is 5.59. The van der Waals surface area contributed by atoms with E-state index in [0.29, 0.717) is 10.6 Å². The first-order valence-corrected chi connectivity index (χ1v) is 6.04. The zero-order valence-corrected chi connectivity index (χ0v) is 11.4. The van der Waals surface area contributed by atoms with E-state index in [4.69, 9.17) is 16.3 Å². The zero-order valence-electron chi connectivity index (χ0n) is 8.46. The SMILES string of the molecule is COC(=O)c1cc2cc(Cl)ccc2cc1I. The maximum Gasteiger partial charge on any atom is 0.338 e. The highest BCUT2D eigenvalue weighted by atomic mass is 127. The van der Waals surface area contributed by atoms with E-state index in [1.165, 1.54) is 7.11 Å². The summed E-state index contributed by atoms with van der Waals surface area (Å²) in [6.07, 6.45) is 0. The van der Waals surface area contributed by atoms with Gasteiger partial charge in [-0.05, 0) is 57.6 Å². The number of ether oxygens (including phenoxy) is 1. The zero-order chi connectivity index (χ0) is 11.7. The second-order valence-corrected chi connectivity index (χ2v) is 4.91. The third kappa shape index (κ3) is 2.15. The van der Waals surface area contributed by atoms with Crippen LogP contribution >= 0.6 is 34.2 Å². The summed E-state index contributed by atoms with van der Waals surface area (Å²) in [5.41, 5.74) is 0.567. The third-order valence-electron chi connectivity index (χ3n) is 2.29. The smallest absolute Gasteiger partial charge is 0.338 e. The first-order valence-electron chi connectivity index (χ1n) is 4.59. The van der Waals surface area contributed by atoms with Gasteiger partial charge in [-0.2, -0.15) is 0 Å². The van der Waals surface area contributed by atoms with Gasteiger partial charge >= 0.3 is 5.97 Å². The van der Waals surface area contributed by atoms with Gasteiger partial charge in [0.15, 0.2) is 0 Å². The van der Waals surface area contributed by atoms with Gasteiger partial charge in [-0.3, -0.25) is 0 Å². The molecule has 0 saturated carbocycles. The molecule has 16 heavy (non-hydrogen) atoms. The molecule has 0 aliphatic carbocycles. The van der Waals surface area contributed by atoms with Crippen LogP contribution in [-0.2, 0) is 4.74 Å². The first kappa shape index (κ1) is 11.7. The third-order valence-corrected chi connectivity index (χ3v) is 3.42. The molecule has 0 unspecified atom stereocenters. The molecule has 4 heteroatoms. The molecule has 0 heterocycles. The van der Waals surface area contributed by atoms with Gasteiger partial charge in [0.1, 0.15) is 0 Å². The Morgan fingerprint density at radius 1 is 1.25 bits per heavy atom. The van der Waals surface area contributed by atoms with E-state index < -0.39 is 0 Å². The Hall–Kier alpha value is -0.810. The van der Waals surface area contributed by atoms with E-state index in [2.05, 4.69) is 22.6 Å². The highest BCUT2D eigenvalue weighted by molar-refractivity contribution is 14.1. The molecule has 0 aliphatic heterocycles. The number of carbonyl (C=O) groups excluding carboxylic acids is 1. The fourth-order valence-electron chi connectivity index (χ4n) is 1.51. The van der Waals surface area contributed by atoms with Crippen molar-refractivity contribution in [3.8, 4) is 0 Å². The highest BCUT2D eigenvalue weighted by Gasteiger charge is 2.11. The largest absolute Gasteiger partial charge is 0.465 e. The summed E-state index contributed by atoms with van der Waals surface area (Å²) in [4.78, 5) is 11.5. The van der Waals surface area contributed by atoms with E-state index in [9.17, 15) is 4.79 Å². The fraction of sp³-hybridized carbons (Fsp3) is 0.0833. The monoisotopic (exact) mass is 346 g/mol. The lowest BCUT2D eigenvalue weighted by Gasteiger charge is -2.05. The van der Waals surface area contributed by atoms with Gasteiger partial charge in [-0.1, -0.05) is 17.7 Å². The van der Waals surface area contributed by atoms with Crippen LogP contribution < -0.4 is 0 Å². The molecule has 0 amide bonds. The van der Waals surface area contributed by atoms with Crippen molar-refractivity contribution in [3.63, 3.8) is 0 Å². The molecule has 0 atom stereocenters. The second kappa shape index (κ2) is 4.59. The minimum atomic E-state index is -0.328. The molecular formula is C12H8ClIO2. The van der Waals surface area contributed by atoms with Crippen LogP contribution in [0.4, 0.5) is 0 Å². The summed E-state index contributed by atoms with van der Waals surface area (Å²) in [5.74, 6) is -0.328. The Labute approximate surface area is 112 Å². The molecule has 0 bridgehead atoms. The molecule has 0 spiro atoms. The van der Waals surface area contributed by atoms with Gasteiger partial charge in [-0.25, -0.2) is 4.79 Å². The van der Waals surface area contributed by atoms with E-state index >= 15 is 0 Å². The van der Waals surface area contributed by atoms with Crippen molar-refractivity contribution in [1.82, 2.24) is 0 Å². The van der Waals surface area contributed by atoms with E-state index in [1.807, 2.05) is 24.3 Å². The number of esters is 1. The van der Waals surface area contributed by atoms with Crippen LogP contribution in [0.5, 0.6) is 0 Å². The Morgan fingerprint density at radius 2 is 2.00 bits per heavy atom. The number of hydrogen-bond acceptors (Lipinski definition) is 2. The molecule has 0 aromatic heterocycles. The maximum absolute atomic E-state index is 11.5. The van der Waals surface area contributed by atoms with Crippen LogP contribution in [0.15, 0.2) is 30.3 Å². The molecular weight excluding hydrogens is 338 g/mol. The average Bonchev–Trinajstić information content (AvgIpc) is 2.28. The molecule has 0 fully saturated rings. The minimum Gasteiger partial charge on any atom is -0.465 e. The topological polar surface area (TPSA) is 26.3 Å². The van der Waals surface area contributed by atoms with Crippen molar-refractivity contribution < 1.29 is 9.53 Å². The average molecular weight is 347 g/mol. The van der Waals surface area contributed by atoms with Crippen LogP contribution in [0.1, 0.15) is 10.4 Å². The van der Waals surface area contributed by atoms with Crippen molar-refractivity contribution >= 4 is 50.9 Å². The molecule has 2 rings (SSSR count). The highest BCUT2D eigenvalue weighted by Crippen LogP contribution is 2.24. The first-order chi connectivity index (χ1) is 7.61. The molecule has 2 aromatic carbocycles. The van der Waals surface area contributed by atoms with Crippen LogP contribution in [-0.4, -0.2) is 13.1 Å². The quantitative estimate of drug-likeness (QED) is 0.578. The predicted octanol–water partition coefficient (Wildman–Crippen LogP) is 3.88. The lowest BCUT2D eigenvalue weighted by Crippen LogP contribution is -2.03. The number of benzene rings is 2. The van der Waals surface area contributed by atoms with Gasteiger partial charge < -0.3 is 4.74 Å². The molecule has 0 aliphatic rings. The van der Waals surface area contributed by atoms with Crippen molar-refractivity contribution in [2.75, 3.05) is 7.11 Å². The number of fused-ring (bicyclic) bond motifs is 1. The van der Waals surface area contributed by atoms with Gasteiger partial charge in [0.05, 0.1) is 12.7 Å². The lowest BCUT2D eigenvalue weighted by molar-refractivity contribution is 0.0599. The van der Waals surface area contributed by atoms with Crippen LogP contribution in [0, 0.1) is 3.57 Å². The number of rotatable bonds is 1. The molecule has 82 valence electrons. The fourth-order valence-corrected chi connectivity index (χ4v) is 2.40. The Morgan fingerprint density at radius 3 is 2.69 bits per heavy atom. The molecule has 0 radical (unpaired) electrons. The van der Waals surface area contributed by atoms with Crippen molar-refractivity contribution in [2.24, 2.45) is 0 Å². The van der Waals surface area contributed by atoms with E-state index in [0.717, 1.165) is 14.3 Å². The summed E-state index contributed by atoms with van der Waals surface area (Å²) in [6, 6.07) is 9.34. The summed E-state index contributed by atoms with van der Waals surface area (Å²) in [7, 11) is 1.38. The van der Waals surface area contributed by atoms with Gasteiger partial charge in [0, 0.05) is 8.59 Å². The Kier molecular flexibility index (Phi) is 3.35. The summed E-state index contributed by atoms with van der Waals surface area (Å²) in [6.45, 7) is 0. The number of halogens is 2. The second-order valence-electron chi connectivity index (χ2n) is 3.32. The van der Waals surface area contributed by atoms with Crippen LogP contribution in [0.2, 0.25) is 5.02 Å².